The minimum absolute atomic E-state index is 0.228. The molecule has 1 amide bonds. The Morgan fingerprint density at radius 2 is 2.09 bits per heavy atom. The van der Waals surface area contributed by atoms with Crippen molar-refractivity contribution in [3.8, 4) is 0 Å². The van der Waals surface area contributed by atoms with E-state index in [4.69, 9.17) is 0 Å². The molecule has 1 saturated heterocycles. The molecule has 1 N–H and O–H groups in total. The number of rotatable bonds is 4. The van der Waals surface area contributed by atoms with Gasteiger partial charge in [0.1, 0.15) is 0 Å². The van der Waals surface area contributed by atoms with E-state index >= 15 is 0 Å². The highest BCUT2D eigenvalue weighted by Crippen LogP contribution is 2.32. The maximum Gasteiger partial charge on any atom is 0.225 e. The molecule has 1 aliphatic carbocycles. The molecule has 1 aromatic rings. The van der Waals surface area contributed by atoms with Crippen molar-refractivity contribution in [1.82, 2.24) is 10.2 Å². The zero-order valence-electron chi connectivity index (χ0n) is 12.8. The van der Waals surface area contributed by atoms with Crippen molar-refractivity contribution in [3.05, 3.63) is 35.4 Å². The van der Waals surface area contributed by atoms with Crippen LogP contribution in [0.4, 0.5) is 8.78 Å². The van der Waals surface area contributed by atoms with Gasteiger partial charge >= 0.3 is 0 Å². The summed E-state index contributed by atoms with van der Waals surface area (Å²) in [6.45, 7) is 3.92. The lowest BCUT2D eigenvalue weighted by molar-refractivity contribution is -0.134. The van der Waals surface area contributed by atoms with E-state index in [0.717, 1.165) is 38.4 Å². The first kappa shape index (κ1) is 15.4. The van der Waals surface area contributed by atoms with E-state index < -0.39 is 11.6 Å². The molecule has 5 heteroatoms. The average molecular weight is 308 g/mol. The van der Waals surface area contributed by atoms with Crippen LogP contribution in [-0.4, -0.2) is 29.9 Å². The van der Waals surface area contributed by atoms with E-state index in [1.54, 1.807) is 6.07 Å². The fraction of sp³-hybridized carbons (Fsp3) is 0.588. The molecule has 0 aromatic heterocycles. The molecule has 0 radical (unpaired) electrons. The van der Waals surface area contributed by atoms with Crippen LogP contribution < -0.4 is 5.32 Å². The number of nitrogens with zero attached hydrogens (tertiary/aromatic N) is 1. The van der Waals surface area contributed by atoms with Gasteiger partial charge in [0.05, 0.1) is 0 Å². The third kappa shape index (κ3) is 3.29. The molecular weight excluding hydrogens is 286 g/mol. The van der Waals surface area contributed by atoms with Crippen LogP contribution in [0, 0.1) is 23.5 Å². The van der Waals surface area contributed by atoms with E-state index in [2.05, 4.69) is 12.2 Å². The van der Waals surface area contributed by atoms with Crippen LogP contribution >= 0.6 is 0 Å². The van der Waals surface area contributed by atoms with Gasteiger partial charge in [-0.25, -0.2) is 8.78 Å². The SMILES string of the molecule is CC1CN(C(=O)C2CC2)CCC1NCc1cccc(F)c1F. The second-order valence-corrected chi connectivity index (χ2v) is 6.52. The number of halogens is 2. The molecule has 22 heavy (non-hydrogen) atoms. The topological polar surface area (TPSA) is 32.3 Å². The van der Waals surface area contributed by atoms with Crippen LogP contribution in [-0.2, 0) is 11.3 Å². The number of hydrogen-bond donors (Lipinski definition) is 1. The first-order chi connectivity index (χ1) is 10.6. The first-order valence-corrected chi connectivity index (χ1v) is 8.01. The molecule has 2 unspecified atom stereocenters. The molecule has 120 valence electrons. The van der Waals surface area contributed by atoms with E-state index in [9.17, 15) is 13.6 Å². The summed E-state index contributed by atoms with van der Waals surface area (Å²) >= 11 is 0. The number of benzene rings is 1. The van der Waals surface area contributed by atoms with E-state index in [1.165, 1.54) is 6.07 Å². The van der Waals surface area contributed by atoms with E-state index in [1.807, 2.05) is 4.90 Å². The Bertz CT molecular complexity index is 560. The minimum atomic E-state index is -0.808. The molecule has 2 atom stereocenters. The second-order valence-electron chi connectivity index (χ2n) is 6.52. The number of carbonyl (C=O) groups is 1. The maximum absolute atomic E-state index is 13.6. The summed E-state index contributed by atoms with van der Waals surface area (Å²) in [5.41, 5.74) is 0.351. The predicted molar refractivity (Wildman–Crippen MR) is 80.1 cm³/mol. The molecule has 0 spiro atoms. The minimum Gasteiger partial charge on any atom is -0.342 e. The van der Waals surface area contributed by atoms with Crippen molar-refractivity contribution in [2.75, 3.05) is 13.1 Å². The molecular formula is C17H22F2N2O. The van der Waals surface area contributed by atoms with Gasteiger partial charge in [-0.1, -0.05) is 19.1 Å². The first-order valence-electron chi connectivity index (χ1n) is 8.01. The lowest BCUT2D eigenvalue weighted by Crippen LogP contribution is -2.50. The lowest BCUT2D eigenvalue weighted by Gasteiger charge is -2.37. The molecule has 1 heterocycles. The van der Waals surface area contributed by atoms with Crippen molar-refractivity contribution in [1.29, 1.82) is 0 Å². The largest absolute Gasteiger partial charge is 0.342 e. The highest BCUT2D eigenvalue weighted by atomic mass is 19.2. The van der Waals surface area contributed by atoms with Crippen LogP contribution in [0.2, 0.25) is 0 Å². The van der Waals surface area contributed by atoms with Crippen molar-refractivity contribution in [3.63, 3.8) is 0 Å². The van der Waals surface area contributed by atoms with Gasteiger partial charge in [0, 0.05) is 37.2 Å². The molecule has 1 aromatic carbocycles. The Balaban J connectivity index is 1.53. The number of piperidine rings is 1. The van der Waals surface area contributed by atoms with Crippen molar-refractivity contribution >= 4 is 5.91 Å². The Labute approximate surface area is 129 Å². The third-order valence-electron chi connectivity index (χ3n) is 4.73. The van der Waals surface area contributed by atoms with Crippen LogP contribution in [0.3, 0.4) is 0 Å². The summed E-state index contributed by atoms with van der Waals surface area (Å²) in [6, 6.07) is 4.48. The summed E-state index contributed by atoms with van der Waals surface area (Å²) in [4.78, 5) is 14.0. The molecule has 2 aliphatic rings. The zero-order chi connectivity index (χ0) is 15.7. The number of carbonyl (C=O) groups excluding carboxylic acids is 1. The van der Waals surface area contributed by atoms with Crippen LogP contribution in [0.5, 0.6) is 0 Å². The monoisotopic (exact) mass is 308 g/mol. The lowest BCUT2D eigenvalue weighted by atomic mass is 9.93. The van der Waals surface area contributed by atoms with Crippen molar-refractivity contribution in [2.45, 2.75) is 38.8 Å². The number of amides is 1. The standard InChI is InChI=1S/C17H22F2N2O/c1-11-10-21(17(22)12-5-6-12)8-7-15(11)20-9-13-3-2-4-14(18)16(13)19/h2-4,11-12,15,20H,5-10H2,1H3. The number of nitrogens with one attached hydrogen (secondary N) is 1. The molecule has 1 saturated carbocycles. The highest BCUT2D eigenvalue weighted by molar-refractivity contribution is 5.81. The fourth-order valence-corrected chi connectivity index (χ4v) is 3.16. The molecule has 1 aliphatic heterocycles. The Morgan fingerprint density at radius 1 is 1.32 bits per heavy atom. The molecule has 3 nitrogen and oxygen atoms in total. The summed E-state index contributed by atoms with van der Waals surface area (Å²) < 4.78 is 26.8. The van der Waals surface area contributed by atoms with Crippen LogP contribution in [0.15, 0.2) is 18.2 Å². The van der Waals surface area contributed by atoms with Gasteiger partial charge in [-0.15, -0.1) is 0 Å². The smallest absolute Gasteiger partial charge is 0.225 e. The Hall–Kier alpha value is -1.49. The quantitative estimate of drug-likeness (QED) is 0.927. The number of hydrogen-bond acceptors (Lipinski definition) is 2. The Kier molecular flexibility index (Phi) is 4.43. The van der Waals surface area contributed by atoms with E-state index in [0.29, 0.717) is 23.9 Å². The van der Waals surface area contributed by atoms with Gasteiger partial charge in [0.2, 0.25) is 5.91 Å². The highest BCUT2D eigenvalue weighted by Gasteiger charge is 2.36. The normalized spacial score (nSPS) is 25.3. The number of likely N-dealkylation sites (tertiary alicyclic amines) is 1. The maximum atomic E-state index is 13.6. The fourth-order valence-electron chi connectivity index (χ4n) is 3.16. The van der Waals surface area contributed by atoms with Gasteiger partial charge in [0.15, 0.2) is 11.6 Å². The predicted octanol–water partition coefficient (Wildman–Crippen LogP) is 2.70. The summed E-state index contributed by atoms with van der Waals surface area (Å²) in [5.74, 6) is -0.714. The summed E-state index contributed by atoms with van der Waals surface area (Å²) in [6.07, 6.45) is 2.92. The van der Waals surface area contributed by atoms with E-state index in [-0.39, 0.29) is 12.0 Å². The zero-order valence-corrected chi connectivity index (χ0v) is 12.8. The van der Waals surface area contributed by atoms with Crippen LogP contribution in [0.25, 0.3) is 0 Å². The van der Waals surface area contributed by atoms with Gasteiger partial charge in [0.25, 0.3) is 0 Å². The van der Waals surface area contributed by atoms with Gasteiger partial charge in [-0.3, -0.25) is 4.79 Å². The molecule has 2 fully saturated rings. The average Bonchev–Trinajstić information content (AvgIpc) is 3.34. The van der Waals surface area contributed by atoms with Gasteiger partial charge < -0.3 is 10.2 Å². The van der Waals surface area contributed by atoms with Crippen LogP contribution in [0.1, 0.15) is 31.7 Å². The van der Waals surface area contributed by atoms with Crippen molar-refractivity contribution in [2.24, 2.45) is 11.8 Å². The summed E-state index contributed by atoms with van der Waals surface area (Å²) in [5, 5.41) is 3.32. The van der Waals surface area contributed by atoms with Gasteiger partial charge in [-0.2, -0.15) is 0 Å². The molecule has 3 rings (SSSR count). The second kappa shape index (κ2) is 6.32. The Morgan fingerprint density at radius 3 is 2.77 bits per heavy atom. The summed E-state index contributed by atoms with van der Waals surface area (Å²) in [7, 11) is 0. The third-order valence-corrected chi connectivity index (χ3v) is 4.73. The van der Waals surface area contributed by atoms with Gasteiger partial charge in [-0.05, 0) is 31.2 Å². The van der Waals surface area contributed by atoms with Crippen molar-refractivity contribution < 1.29 is 13.6 Å². The molecule has 0 bridgehead atoms.